The Kier molecular flexibility index (Phi) is 3.32. The minimum absolute atomic E-state index is 1.10. The van der Waals surface area contributed by atoms with Gasteiger partial charge in [-0.3, -0.25) is 9.97 Å². The van der Waals surface area contributed by atoms with Gasteiger partial charge < -0.3 is 0 Å². The lowest BCUT2D eigenvalue weighted by Gasteiger charge is -1.98. The molecule has 0 saturated carbocycles. The number of aromatic nitrogens is 2. The number of hydrogen-bond acceptors (Lipinski definition) is 2. The van der Waals surface area contributed by atoms with E-state index in [1.54, 1.807) is 24.8 Å². The fourth-order valence-corrected chi connectivity index (χ4v) is 2.33. The molecule has 1 heterocycles. The first-order valence-electron chi connectivity index (χ1n) is 6.31. The van der Waals surface area contributed by atoms with E-state index < -0.39 is 0 Å². The van der Waals surface area contributed by atoms with Crippen LogP contribution in [0.3, 0.4) is 0 Å². The molecular formula is C17H14N2. The third-order valence-corrected chi connectivity index (χ3v) is 3.18. The molecule has 92 valence electrons. The van der Waals surface area contributed by atoms with Crippen molar-refractivity contribution in [1.29, 1.82) is 0 Å². The van der Waals surface area contributed by atoms with E-state index >= 15 is 0 Å². The van der Waals surface area contributed by atoms with Gasteiger partial charge in [0.2, 0.25) is 0 Å². The summed E-state index contributed by atoms with van der Waals surface area (Å²) in [5.74, 6) is 0. The highest BCUT2D eigenvalue weighted by atomic mass is 14.7. The Hall–Kier alpha value is -2.48. The summed E-state index contributed by atoms with van der Waals surface area (Å²) in [6, 6.07) is 17.3. The molecule has 1 aliphatic rings. The first kappa shape index (κ1) is 11.6. The fourth-order valence-electron chi connectivity index (χ4n) is 2.33. The maximum Gasteiger partial charge on any atom is 0.0451 e. The molecule has 19 heavy (non-hydrogen) atoms. The predicted molar refractivity (Wildman–Crippen MR) is 76.7 cm³/mol. The summed E-state index contributed by atoms with van der Waals surface area (Å²) in [6.45, 7) is 0. The predicted octanol–water partition coefficient (Wildman–Crippen LogP) is 3.73. The molecule has 0 N–H and O–H groups in total. The monoisotopic (exact) mass is 246 g/mol. The molecule has 0 spiro atoms. The molecule has 0 saturated heterocycles. The molecule has 1 aliphatic carbocycles. The summed E-state index contributed by atoms with van der Waals surface area (Å²) in [5, 5.41) is 0. The van der Waals surface area contributed by atoms with E-state index in [1.165, 1.54) is 22.3 Å². The van der Waals surface area contributed by atoms with Crippen LogP contribution in [0.5, 0.6) is 0 Å². The molecule has 3 aromatic rings. The van der Waals surface area contributed by atoms with Crippen LogP contribution in [0.15, 0.2) is 73.3 Å². The van der Waals surface area contributed by atoms with Gasteiger partial charge in [-0.05, 0) is 28.7 Å². The maximum atomic E-state index is 3.72. The van der Waals surface area contributed by atoms with Gasteiger partial charge in [-0.1, -0.05) is 48.5 Å². The van der Waals surface area contributed by atoms with Crippen LogP contribution < -0.4 is 0 Å². The van der Waals surface area contributed by atoms with Crippen molar-refractivity contribution in [3.63, 3.8) is 0 Å². The van der Waals surface area contributed by atoms with Crippen molar-refractivity contribution in [1.82, 2.24) is 9.97 Å². The molecule has 0 bridgehead atoms. The number of rotatable bonds is 0. The largest absolute Gasteiger partial charge is 0.262 e. The second-order valence-corrected chi connectivity index (χ2v) is 4.39. The Labute approximate surface area is 112 Å². The molecule has 0 amide bonds. The van der Waals surface area contributed by atoms with E-state index in [-0.39, 0.29) is 0 Å². The summed E-state index contributed by atoms with van der Waals surface area (Å²) < 4.78 is 0. The Morgan fingerprint density at radius 2 is 1.00 bits per heavy atom. The smallest absolute Gasteiger partial charge is 0.0451 e. The van der Waals surface area contributed by atoms with E-state index in [4.69, 9.17) is 0 Å². The van der Waals surface area contributed by atoms with Gasteiger partial charge in [0.05, 0.1) is 0 Å². The van der Waals surface area contributed by atoms with Crippen LogP contribution in [0.4, 0.5) is 0 Å². The zero-order chi connectivity index (χ0) is 12.9. The first-order valence-corrected chi connectivity index (χ1v) is 6.31. The van der Waals surface area contributed by atoms with Crippen molar-refractivity contribution in [2.24, 2.45) is 0 Å². The summed E-state index contributed by atoms with van der Waals surface area (Å²) >= 11 is 0. The quantitative estimate of drug-likeness (QED) is 0.472. The molecular weight excluding hydrogens is 232 g/mol. The van der Waals surface area contributed by atoms with Crippen molar-refractivity contribution in [3.05, 3.63) is 84.4 Å². The number of hydrogen-bond donors (Lipinski definition) is 0. The zero-order valence-electron chi connectivity index (χ0n) is 10.5. The van der Waals surface area contributed by atoms with Gasteiger partial charge in [0.15, 0.2) is 0 Å². The molecule has 1 aromatic heterocycles. The highest BCUT2D eigenvalue weighted by molar-refractivity contribution is 5.76. The lowest BCUT2D eigenvalue weighted by atomic mass is 10.1. The summed E-state index contributed by atoms with van der Waals surface area (Å²) in [4.78, 5) is 7.44. The van der Waals surface area contributed by atoms with Crippen molar-refractivity contribution in [3.8, 4) is 11.1 Å². The minimum Gasteiger partial charge on any atom is -0.262 e. The lowest BCUT2D eigenvalue weighted by molar-refractivity contribution is 1.20. The molecule has 4 rings (SSSR count). The molecule has 0 fully saturated rings. The maximum absolute atomic E-state index is 3.72. The zero-order valence-corrected chi connectivity index (χ0v) is 10.5. The number of nitrogens with zero attached hydrogens (tertiary/aromatic N) is 2. The van der Waals surface area contributed by atoms with Gasteiger partial charge in [0, 0.05) is 24.8 Å². The van der Waals surface area contributed by atoms with E-state index in [2.05, 4.69) is 58.5 Å². The van der Waals surface area contributed by atoms with E-state index in [1.807, 2.05) is 0 Å². The van der Waals surface area contributed by atoms with Crippen LogP contribution >= 0.6 is 0 Å². The van der Waals surface area contributed by atoms with Crippen molar-refractivity contribution in [2.75, 3.05) is 0 Å². The molecule has 2 heteroatoms. The Morgan fingerprint density at radius 3 is 1.42 bits per heavy atom. The normalized spacial score (nSPS) is 10.9. The molecule has 0 unspecified atom stereocenters. The van der Waals surface area contributed by atoms with Gasteiger partial charge in [-0.2, -0.15) is 0 Å². The van der Waals surface area contributed by atoms with Crippen molar-refractivity contribution < 1.29 is 0 Å². The SMILES string of the molecule is c1ccc2c(c1)Cc1ccccc1-2.c1cnccn1. The van der Waals surface area contributed by atoms with Crippen LogP contribution in [0, 0.1) is 0 Å². The highest BCUT2D eigenvalue weighted by Crippen LogP contribution is 2.35. The molecule has 0 aliphatic heterocycles. The van der Waals surface area contributed by atoms with Crippen molar-refractivity contribution in [2.45, 2.75) is 6.42 Å². The third-order valence-electron chi connectivity index (χ3n) is 3.18. The van der Waals surface area contributed by atoms with Crippen LogP contribution in [0.2, 0.25) is 0 Å². The number of fused-ring (bicyclic) bond motifs is 3. The van der Waals surface area contributed by atoms with E-state index in [0.717, 1.165) is 6.42 Å². The van der Waals surface area contributed by atoms with Crippen molar-refractivity contribution >= 4 is 0 Å². The van der Waals surface area contributed by atoms with Gasteiger partial charge in [0.1, 0.15) is 0 Å². The van der Waals surface area contributed by atoms with Gasteiger partial charge in [0.25, 0.3) is 0 Å². The van der Waals surface area contributed by atoms with Crippen LogP contribution in [-0.4, -0.2) is 9.97 Å². The molecule has 2 nitrogen and oxygen atoms in total. The van der Waals surface area contributed by atoms with Crippen LogP contribution in [0.25, 0.3) is 11.1 Å². The standard InChI is InChI=1S/C13H10.C4H4N2/c1-3-7-12-10(5-1)9-11-6-2-4-8-13(11)12;1-2-6-4-3-5-1/h1-8H,9H2;1-4H. The third kappa shape index (κ3) is 2.52. The van der Waals surface area contributed by atoms with Gasteiger partial charge >= 0.3 is 0 Å². The minimum atomic E-state index is 1.10. The van der Waals surface area contributed by atoms with E-state index in [9.17, 15) is 0 Å². The topological polar surface area (TPSA) is 25.8 Å². The van der Waals surface area contributed by atoms with Crippen LogP contribution in [-0.2, 0) is 6.42 Å². The molecule has 2 aromatic carbocycles. The Bertz CT molecular complexity index is 593. The second kappa shape index (κ2) is 5.44. The van der Waals surface area contributed by atoms with Gasteiger partial charge in [-0.25, -0.2) is 0 Å². The van der Waals surface area contributed by atoms with Crippen LogP contribution in [0.1, 0.15) is 11.1 Å². The summed E-state index contributed by atoms with van der Waals surface area (Å²) in [5.41, 5.74) is 5.75. The Balaban J connectivity index is 0.000000155. The fraction of sp³-hybridized carbons (Fsp3) is 0.0588. The molecule has 0 radical (unpaired) electrons. The molecule has 0 atom stereocenters. The highest BCUT2D eigenvalue weighted by Gasteiger charge is 2.15. The second-order valence-electron chi connectivity index (χ2n) is 4.39. The first-order chi connectivity index (χ1) is 9.45. The average Bonchev–Trinajstić information content (AvgIpc) is 2.88. The lowest BCUT2D eigenvalue weighted by Crippen LogP contribution is -1.77. The summed E-state index contributed by atoms with van der Waals surface area (Å²) in [7, 11) is 0. The summed E-state index contributed by atoms with van der Waals surface area (Å²) in [6.07, 6.45) is 7.66. The Morgan fingerprint density at radius 1 is 0.579 bits per heavy atom. The number of benzene rings is 2. The van der Waals surface area contributed by atoms with E-state index in [0.29, 0.717) is 0 Å². The van der Waals surface area contributed by atoms with Gasteiger partial charge in [-0.15, -0.1) is 0 Å². The average molecular weight is 246 g/mol.